The number of benzene rings is 2. The summed E-state index contributed by atoms with van der Waals surface area (Å²) in [5.74, 6) is 0.619. The van der Waals surface area contributed by atoms with Gasteiger partial charge in [0.05, 0.1) is 12.7 Å². The van der Waals surface area contributed by atoms with E-state index in [9.17, 15) is 9.59 Å². The molecule has 0 saturated carbocycles. The quantitative estimate of drug-likeness (QED) is 0.632. The van der Waals surface area contributed by atoms with Gasteiger partial charge >= 0.3 is 5.97 Å². The Hall–Kier alpha value is -3.61. The zero-order valence-electron chi connectivity index (χ0n) is 15.6. The molecule has 7 heteroatoms. The van der Waals surface area contributed by atoms with Gasteiger partial charge in [0.15, 0.2) is 0 Å². The molecule has 3 aromatic rings. The molecule has 2 aromatic carbocycles. The molecule has 0 atom stereocenters. The molecule has 1 N–H and O–H groups in total. The number of hydrogen-bond acceptors (Lipinski definition) is 6. The van der Waals surface area contributed by atoms with Crippen LogP contribution in [-0.4, -0.2) is 24.0 Å². The van der Waals surface area contributed by atoms with Gasteiger partial charge in [0.25, 0.3) is 0 Å². The number of amides is 1. The summed E-state index contributed by atoms with van der Waals surface area (Å²) >= 11 is 0. The number of aromatic nitrogens is 1. The highest BCUT2D eigenvalue weighted by molar-refractivity contribution is 5.89. The molecule has 28 heavy (non-hydrogen) atoms. The van der Waals surface area contributed by atoms with Gasteiger partial charge < -0.3 is 19.2 Å². The third kappa shape index (κ3) is 4.97. The number of rotatable bonds is 7. The maximum atomic E-state index is 12.2. The van der Waals surface area contributed by atoms with Crippen molar-refractivity contribution in [2.45, 2.75) is 20.1 Å². The van der Waals surface area contributed by atoms with Gasteiger partial charge in [-0.05, 0) is 42.0 Å². The molecule has 0 unspecified atom stereocenters. The minimum Gasteiger partial charge on any atom is -0.497 e. The highest BCUT2D eigenvalue weighted by atomic mass is 16.5. The summed E-state index contributed by atoms with van der Waals surface area (Å²) in [6.07, 6.45) is 1.46. The van der Waals surface area contributed by atoms with Crippen LogP contribution in [0.2, 0.25) is 0 Å². The Morgan fingerprint density at radius 2 is 1.79 bits per heavy atom. The van der Waals surface area contributed by atoms with E-state index in [1.54, 1.807) is 31.4 Å². The largest absolute Gasteiger partial charge is 0.497 e. The number of carbonyl (C=O) groups is 2. The monoisotopic (exact) mass is 380 g/mol. The molecule has 0 aliphatic carbocycles. The van der Waals surface area contributed by atoms with Gasteiger partial charge in [-0.2, -0.15) is 0 Å². The van der Waals surface area contributed by atoms with Crippen molar-refractivity contribution < 1.29 is 23.5 Å². The van der Waals surface area contributed by atoms with Crippen molar-refractivity contribution in [3.05, 3.63) is 71.6 Å². The molecule has 0 aliphatic rings. The second-order valence-electron chi connectivity index (χ2n) is 6.06. The molecular formula is C21H20N2O5. The van der Waals surface area contributed by atoms with E-state index in [1.807, 2.05) is 24.3 Å². The Bertz CT molecular complexity index is 946. The molecule has 0 spiro atoms. The second kappa shape index (κ2) is 8.85. The average molecular weight is 380 g/mol. The number of hydrogen-bond donors (Lipinski definition) is 1. The first-order valence-electron chi connectivity index (χ1n) is 8.64. The summed E-state index contributed by atoms with van der Waals surface area (Å²) in [6.45, 7) is 1.87. The van der Waals surface area contributed by atoms with Crippen LogP contribution in [0.1, 0.15) is 28.5 Å². The Morgan fingerprint density at radius 3 is 2.43 bits per heavy atom. The third-order valence-electron chi connectivity index (χ3n) is 3.97. The summed E-state index contributed by atoms with van der Waals surface area (Å²) in [7, 11) is 1.60. The molecule has 7 nitrogen and oxygen atoms in total. The van der Waals surface area contributed by atoms with Gasteiger partial charge in [-0.15, -0.1) is 0 Å². The standard InChI is InChI=1S/C21H20N2O5/c1-14(24)22-11-15-3-5-17(6-4-15)21(25)28-13-18-12-27-20(23-18)16-7-9-19(26-2)10-8-16/h3-10,12H,11,13H2,1-2H3,(H,22,24). The first-order valence-corrected chi connectivity index (χ1v) is 8.64. The zero-order valence-corrected chi connectivity index (χ0v) is 15.6. The molecular weight excluding hydrogens is 360 g/mol. The van der Waals surface area contributed by atoms with Crippen molar-refractivity contribution in [3.63, 3.8) is 0 Å². The van der Waals surface area contributed by atoms with Crippen LogP contribution in [0.3, 0.4) is 0 Å². The fourth-order valence-corrected chi connectivity index (χ4v) is 2.45. The fourth-order valence-electron chi connectivity index (χ4n) is 2.45. The molecule has 1 amide bonds. The molecule has 0 radical (unpaired) electrons. The number of esters is 1. The Labute approximate surface area is 162 Å². The minimum absolute atomic E-state index is 0.00608. The van der Waals surface area contributed by atoms with Crippen molar-refractivity contribution in [2.24, 2.45) is 0 Å². The van der Waals surface area contributed by atoms with Crippen molar-refractivity contribution >= 4 is 11.9 Å². The zero-order chi connectivity index (χ0) is 19.9. The first kappa shape index (κ1) is 19.2. The van der Waals surface area contributed by atoms with E-state index < -0.39 is 5.97 Å². The third-order valence-corrected chi connectivity index (χ3v) is 3.97. The van der Waals surface area contributed by atoms with Gasteiger partial charge in [-0.3, -0.25) is 4.79 Å². The van der Waals surface area contributed by atoms with Gasteiger partial charge in [-0.1, -0.05) is 12.1 Å². The Balaban J connectivity index is 1.55. The predicted octanol–water partition coefficient (Wildman–Crippen LogP) is 3.34. The SMILES string of the molecule is COc1ccc(-c2nc(COC(=O)c3ccc(CNC(C)=O)cc3)co2)cc1. The lowest BCUT2D eigenvalue weighted by atomic mass is 10.1. The summed E-state index contributed by atoms with van der Waals surface area (Å²) < 4.78 is 15.9. The number of methoxy groups -OCH3 is 1. The molecule has 1 heterocycles. The van der Waals surface area contributed by atoms with E-state index in [-0.39, 0.29) is 12.5 Å². The molecule has 144 valence electrons. The highest BCUT2D eigenvalue weighted by Gasteiger charge is 2.11. The fraction of sp³-hybridized carbons (Fsp3) is 0.190. The van der Waals surface area contributed by atoms with Crippen molar-refractivity contribution in [3.8, 4) is 17.2 Å². The molecule has 3 rings (SSSR count). The summed E-state index contributed by atoms with van der Waals surface area (Å²) in [6, 6.07) is 14.2. The van der Waals surface area contributed by atoms with Crippen LogP contribution in [-0.2, 0) is 22.7 Å². The maximum Gasteiger partial charge on any atom is 0.338 e. The van der Waals surface area contributed by atoms with Gasteiger partial charge in [0, 0.05) is 19.0 Å². The van der Waals surface area contributed by atoms with E-state index in [0.29, 0.717) is 23.7 Å². The Kier molecular flexibility index (Phi) is 6.06. The predicted molar refractivity (Wildman–Crippen MR) is 102 cm³/mol. The summed E-state index contributed by atoms with van der Waals surface area (Å²) in [4.78, 5) is 27.4. The highest BCUT2D eigenvalue weighted by Crippen LogP contribution is 2.22. The normalized spacial score (nSPS) is 10.4. The maximum absolute atomic E-state index is 12.2. The van der Waals surface area contributed by atoms with Gasteiger partial charge in [-0.25, -0.2) is 9.78 Å². The van der Waals surface area contributed by atoms with E-state index >= 15 is 0 Å². The Morgan fingerprint density at radius 1 is 1.07 bits per heavy atom. The van der Waals surface area contributed by atoms with Crippen LogP contribution in [0, 0.1) is 0 Å². The first-order chi connectivity index (χ1) is 13.5. The molecule has 0 aliphatic heterocycles. The summed E-state index contributed by atoms with van der Waals surface area (Å²) in [5, 5.41) is 2.70. The molecule has 1 aromatic heterocycles. The van der Waals surface area contributed by atoms with E-state index in [1.165, 1.54) is 13.2 Å². The molecule has 0 fully saturated rings. The molecule has 0 bridgehead atoms. The van der Waals surface area contributed by atoms with Crippen molar-refractivity contribution in [2.75, 3.05) is 7.11 Å². The van der Waals surface area contributed by atoms with Gasteiger partial charge in [0.1, 0.15) is 24.3 Å². The van der Waals surface area contributed by atoms with Crippen LogP contribution in [0.4, 0.5) is 0 Å². The summed E-state index contributed by atoms with van der Waals surface area (Å²) in [5.41, 5.74) is 2.63. The lowest BCUT2D eigenvalue weighted by molar-refractivity contribution is -0.119. The number of ether oxygens (including phenoxy) is 2. The van der Waals surface area contributed by atoms with Crippen LogP contribution < -0.4 is 10.1 Å². The smallest absolute Gasteiger partial charge is 0.338 e. The average Bonchev–Trinajstić information content (AvgIpc) is 3.20. The lowest BCUT2D eigenvalue weighted by Crippen LogP contribution is -2.18. The van der Waals surface area contributed by atoms with E-state index in [4.69, 9.17) is 13.9 Å². The topological polar surface area (TPSA) is 90.7 Å². The number of oxazole rings is 1. The van der Waals surface area contributed by atoms with Crippen LogP contribution >= 0.6 is 0 Å². The number of nitrogens with one attached hydrogen (secondary N) is 1. The molecule has 0 saturated heterocycles. The van der Waals surface area contributed by atoms with Crippen LogP contribution in [0.15, 0.2) is 59.2 Å². The van der Waals surface area contributed by atoms with Crippen molar-refractivity contribution in [1.82, 2.24) is 10.3 Å². The second-order valence-corrected chi connectivity index (χ2v) is 6.06. The lowest BCUT2D eigenvalue weighted by Gasteiger charge is -2.05. The van der Waals surface area contributed by atoms with E-state index in [0.717, 1.165) is 16.9 Å². The number of carbonyl (C=O) groups excluding carboxylic acids is 2. The minimum atomic E-state index is -0.458. The van der Waals surface area contributed by atoms with Gasteiger partial charge in [0.2, 0.25) is 11.8 Å². The van der Waals surface area contributed by atoms with E-state index in [2.05, 4.69) is 10.3 Å². The number of nitrogens with zero attached hydrogens (tertiary/aromatic N) is 1. The van der Waals surface area contributed by atoms with Crippen molar-refractivity contribution in [1.29, 1.82) is 0 Å². The van der Waals surface area contributed by atoms with Crippen LogP contribution in [0.25, 0.3) is 11.5 Å². The van der Waals surface area contributed by atoms with Crippen LogP contribution in [0.5, 0.6) is 5.75 Å².